The van der Waals surface area contributed by atoms with E-state index in [1.807, 2.05) is 43.3 Å². The quantitative estimate of drug-likeness (QED) is 0.717. The fraction of sp³-hybridized carbons (Fsp3) is 0.364. The van der Waals surface area contributed by atoms with Gasteiger partial charge in [-0.3, -0.25) is 9.59 Å². The van der Waals surface area contributed by atoms with Crippen molar-refractivity contribution in [2.24, 2.45) is 5.92 Å². The van der Waals surface area contributed by atoms with Gasteiger partial charge in [-0.1, -0.05) is 67.6 Å². The lowest BCUT2D eigenvalue weighted by molar-refractivity contribution is -0.139. The maximum atomic E-state index is 12.0. The van der Waals surface area contributed by atoms with Crippen LogP contribution >= 0.6 is 0 Å². The highest BCUT2D eigenvalue weighted by molar-refractivity contribution is 6.35. The molecular weight excluding hydrogens is 324 g/mol. The van der Waals surface area contributed by atoms with Crippen molar-refractivity contribution in [3.05, 3.63) is 71.8 Å². The van der Waals surface area contributed by atoms with E-state index in [-0.39, 0.29) is 12.0 Å². The van der Waals surface area contributed by atoms with Crippen molar-refractivity contribution in [2.45, 2.75) is 39.2 Å². The Morgan fingerprint density at radius 3 is 2.04 bits per heavy atom. The number of amides is 2. The molecule has 26 heavy (non-hydrogen) atoms. The Labute approximate surface area is 156 Å². The molecule has 0 saturated carbocycles. The summed E-state index contributed by atoms with van der Waals surface area (Å²) < 4.78 is 0. The van der Waals surface area contributed by atoms with Crippen molar-refractivity contribution in [2.75, 3.05) is 6.54 Å². The van der Waals surface area contributed by atoms with E-state index in [2.05, 4.69) is 41.8 Å². The number of rotatable bonds is 8. The third-order valence-electron chi connectivity index (χ3n) is 4.33. The van der Waals surface area contributed by atoms with Crippen molar-refractivity contribution in [3.63, 3.8) is 0 Å². The topological polar surface area (TPSA) is 58.2 Å². The average molecular weight is 352 g/mol. The predicted octanol–water partition coefficient (Wildman–Crippen LogP) is 3.12. The summed E-state index contributed by atoms with van der Waals surface area (Å²) in [6.07, 6.45) is 2.54. The van der Waals surface area contributed by atoms with Gasteiger partial charge in [0.2, 0.25) is 0 Å². The zero-order chi connectivity index (χ0) is 18.8. The minimum atomic E-state index is -0.559. The molecule has 2 aromatic carbocycles. The lowest BCUT2D eigenvalue weighted by Gasteiger charge is -2.15. The summed E-state index contributed by atoms with van der Waals surface area (Å²) in [5, 5.41) is 5.50. The monoisotopic (exact) mass is 352 g/mol. The fourth-order valence-corrected chi connectivity index (χ4v) is 2.83. The summed E-state index contributed by atoms with van der Waals surface area (Å²) in [7, 11) is 0. The first-order valence-corrected chi connectivity index (χ1v) is 9.21. The van der Waals surface area contributed by atoms with Crippen LogP contribution in [0, 0.1) is 5.92 Å². The maximum absolute atomic E-state index is 12.0. The van der Waals surface area contributed by atoms with Crippen LogP contribution in [0.3, 0.4) is 0 Å². The molecular formula is C22H28N2O2. The Bertz CT molecular complexity index is 686. The van der Waals surface area contributed by atoms with E-state index in [1.54, 1.807) is 0 Å². The normalized spacial score (nSPS) is 12.8. The van der Waals surface area contributed by atoms with Crippen molar-refractivity contribution in [1.82, 2.24) is 10.6 Å². The molecule has 4 heteroatoms. The van der Waals surface area contributed by atoms with Crippen molar-refractivity contribution in [3.8, 4) is 0 Å². The van der Waals surface area contributed by atoms with E-state index >= 15 is 0 Å². The summed E-state index contributed by atoms with van der Waals surface area (Å²) in [5.41, 5.74) is 2.46. The standard InChI is InChI=1S/C22H28N2O2/c1-17(15-20-11-7-4-8-12-20)16-23-21(25)22(26)24-18(2)13-14-19-9-5-3-6-10-19/h3-12,17-18H,13-16H2,1-2H3,(H,23,25)(H,24,26)/t17-,18+/m1/s1. The van der Waals surface area contributed by atoms with Gasteiger partial charge in [-0.25, -0.2) is 0 Å². The van der Waals surface area contributed by atoms with Crippen LogP contribution in [0.1, 0.15) is 31.4 Å². The fourth-order valence-electron chi connectivity index (χ4n) is 2.83. The van der Waals surface area contributed by atoms with Crippen LogP contribution in [0.4, 0.5) is 0 Å². The molecule has 0 fully saturated rings. The lowest BCUT2D eigenvalue weighted by atomic mass is 10.0. The van der Waals surface area contributed by atoms with E-state index in [1.165, 1.54) is 11.1 Å². The minimum Gasteiger partial charge on any atom is -0.348 e. The summed E-state index contributed by atoms with van der Waals surface area (Å²) in [6.45, 7) is 4.47. The molecule has 0 heterocycles. The molecule has 0 radical (unpaired) electrons. The van der Waals surface area contributed by atoms with Crippen LogP contribution < -0.4 is 10.6 Å². The Morgan fingerprint density at radius 1 is 0.846 bits per heavy atom. The lowest BCUT2D eigenvalue weighted by Crippen LogP contribution is -2.44. The molecule has 0 aromatic heterocycles. The molecule has 4 nitrogen and oxygen atoms in total. The number of nitrogens with one attached hydrogen (secondary N) is 2. The first-order valence-electron chi connectivity index (χ1n) is 9.21. The molecule has 2 amide bonds. The van der Waals surface area contributed by atoms with Gasteiger partial charge in [0.1, 0.15) is 0 Å². The van der Waals surface area contributed by atoms with Crippen molar-refractivity contribution in [1.29, 1.82) is 0 Å². The molecule has 0 spiro atoms. The van der Waals surface area contributed by atoms with Crippen molar-refractivity contribution < 1.29 is 9.59 Å². The average Bonchev–Trinajstić information content (AvgIpc) is 2.66. The molecule has 2 atom stereocenters. The van der Waals surface area contributed by atoms with Gasteiger partial charge >= 0.3 is 11.8 Å². The van der Waals surface area contributed by atoms with Gasteiger partial charge in [-0.15, -0.1) is 0 Å². The van der Waals surface area contributed by atoms with Gasteiger partial charge in [-0.2, -0.15) is 0 Å². The van der Waals surface area contributed by atoms with Crippen LogP contribution in [0.15, 0.2) is 60.7 Å². The maximum Gasteiger partial charge on any atom is 0.309 e. The zero-order valence-corrected chi connectivity index (χ0v) is 15.6. The molecule has 0 bridgehead atoms. The van der Waals surface area contributed by atoms with Crippen LogP contribution in [0.2, 0.25) is 0 Å². The Balaban J connectivity index is 1.67. The van der Waals surface area contributed by atoms with Gasteiger partial charge in [0.05, 0.1) is 0 Å². The second kappa shape index (κ2) is 10.4. The summed E-state index contributed by atoms with van der Waals surface area (Å²) >= 11 is 0. The van der Waals surface area contributed by atoms with Gasteiger partial charge in [0.15, 0.2) is 0 Å². The molecule has 0 aliphatic heterocycles. The zero-order valence-electron chi connectivity index (χ0n) is 15.6. The number of carbonyl (C=O) groups excluding carboxylic acids is 2. The number of hydrogen-bond donors (Lipinski definition) is 2. The van der Waals surface area contributed by atoms with Crippen LogP contribution in [-0.2, 0) is 22.4 Å². The van der Waals surface area contributed by atoms with Crippen LogP contribution in [0.5, 0.6) is 0 Å². The number of benzene rings is 2. The van der Waals surface area contributed by atoms with Gasteiger partial charge < -0.3 is 10.6 Å². The Morgan fingerprint density at radius 2 is 1.42 bits per heavy atom. The smallest absolute Gasteiger partial charge is 0.309 e. The third kappa shape index (κ3) is 7.09. The first kappa shape index (κ1) is 19.7. The Hall–Kier alpha value is -2.62. The van der Waals surface area contributed by atoms with Crippen LogP contribution in [0.25, 0.3) is 0 Å². The summed E-state index contributed by atoms with van der Waals surface area (Å²) in [4.78, 5) is 24.0. The highest BCUT2D eigenvalue weighted by Crippen LogP contribution is 2.07. The summed E-state index contributed by atoms with van der Waals surface area (Å²) in [6, 6.07) is 20.2. The van der Waals surface area contributed by atoms with Crippen molar-refractivity contribution >= 4 is 11.8 Å². The van der Waals surface area contributed by atoms with Gasteiger partial charge in [0, 0.05) is 12.6 Å². The second-order valence-electron chi connectivity index (χ2n) is 6.90. The van der Waals surface area contributed by atoms with E-state index in [0.717, 1.165) is 19.3 Å². The molecule has 138 valence electrons. The minimum absolute atomic E-state index is 0.0461. The third-order valence-corrected chi connectivity index (χ3v) is 4.33. The van der Waals surface area contributed by atoms with Gasteiger partial charge in [-0.05, 0) is 43.2 Å². The molecule has 0 unspecified atom stereocenters. The highest BCUT2D eigenvalue weighted by atomic mass is 16.2. The Kier molecular flexibility index (Phi) is 7.87. The van der Waals surface area contributed by atoms with Crippen LogP contribution in [-0.4, -0.2) is 24.4 Å². The number of hydrogen-bond acceptors (Lipinski definition) is 2. The largest absolute Gasteiger partial charge is 0.348 e. The second-order valence-corrected chi connectivity index (χ2v) is 6.90. The molecule has 0 saturated heterocycles. The SMILES string of the molecule is C[C@@H](CNC(=O)C(=O)N[C@@H](C)CCc1ccccc1)Cc1ccccc1. The molecule has 2 rings (SSSR count). The van der Waals surface area contributed by atoms with E-state index in [9.17, 15) is 9.59 Å². The molecule has 0 aliphatic rings. The summed E-state index contributed by atoms with van der Waals surface area (Å²) in [5.74, 6) is -0.849. The highest BCUT2D eigenvalue weighted by Gasteiger charge is 2.16. The van der Waals surface area contributed by atoms with E-state index < -0.39 is 11.8 Å². The first-order chi connectivity index (χ1) is 12.5. The molecule has 0 aliphatic carbocycles. The van der Waals surface area contributed by atoms with E-state index in [4.69, 9.17) is 0 Å². The number of aryl methyl sites for hydroxylation is 1. The molecule has 2 N–H and O–H groups in total. The van der Waals surface area contributed by atoms with E-state index in [0.29, 0.717) is 6.54 Å². The predicted molar refractivity (Wildman–Crippen MR) is 105 cm³/mol. The van der Waals surface area contributed by atoms with Gasteiger partial charge in [0.25, 0.3) is 0 Å². The number of carbonyl (C=O) groups is 2. The molecule has 2 aromatic rings.